The summed E-state index contributed by atoms with van der Waals surface area (Å²) < 4.78 is 4.75. The number of esters is 1. The van der Waals surface area contributed by atoms with Gasteiger partial charge < -0.3 is 15.0 Å². The molecule has 3 rings (SSSR count). The van der Waals surface area contributed by atoms with Crippen molar-refractivity contribution in [1.82, 2.24) is 14.9 Å². The maximum atomic E-state index is 11.9. The van der Waals surface area contributed by atoms with Crippen molar-refractivity contribution in [3.05, 3.63) is 16.5 Å². The molecule has 7 nitrogen and oxygen atoms in total. The molecule has 1 saturated carbocycles. The first-order valence-electron chi connectivity index (χ1n) is 8.27. The highest BCUT2D eigenvalue weighted by Gasteiger charge is 2.30. The molecule has 2 fully saturated rings. The molecule has 1 N–H and O–H groups in total. The van der Waals surface area contributed by atoms with E-state index >= 15 is 0 Å². The number of nitrogens with zero attached hydrogens (tertiary/aromatic N) is 3. The number of rotatable bonds is 7. The van der Waals surface area contributed by atoms with Crippen molar-refractivity contribution in [3.63, 3.8) is 0 Å². The largest absolute Gasteiger partial charge is 0.464 e. The summed E-state index contributed by atoms with van der Waals surface area (Å²) in [6, 6.07) is 0. The molecule has 1 aromatic rings. The van der Waals surface area contributed by atoms with Gasteiger partial charge in [-0.15, -0.1) is 0 Å². The van der Waals surface area contributed by atoms with Gasteiger partial charge in [-0.25, -0.2) is 14.8 Å². The van der Waals surface area contributed by atoms with E-state index in [2.05, 4.69) is 15.3 Å². The number of nitrogens with one attached hydrogen (secondary N) is 1. The summed E-state index contributed by atoms with van der Waals surface area (Å²) in [4.78, 5) is 34.0. The van der Waals surface area contributed by atoms with Crippen molar-refractivity contribution >= 4 is 29.3 Å². The summed E-state index contributed by atoms with van der Waals surface area (Å²) in [5.41, 5.74) is 0.105. The normalized spacial score (nSPS) is 17.2. The molecule has 0 radical (unpaired) electrons. The van der Waals surface area contributed by atoms with Crippen LogP contribution in [0.2, 0.25) is 5.02 Å². The van der Waals surface area contributed by atoms with Crippen molar-refractivity contribution in [2.75, 3.05) is 32.1 Å². The Morgan fingerprint density at radius 1 is 1.42 bits per heavy atom. The Kier molecular flexibility index (Phi) is 5.18. The van der Waals surface area contributed by atoms with Gasteiger partial charge >= 0.3 is 5.97 Å². The smallest absolute Gasteiger partial charge is 0.358 e. The van der Waals surface area contributed by atoms with Crippen molar-refractivity contribution in [2.24, 2.45) is 0 Å². The van der Waals surface area contributed by atoms with Gasteiger partial charge in [-0.3, -0.25) is 4.79 Å². The minimum absolute atomic E-state index is 0.105. The third-order valence-corrected chi connectivity index (χ3v) is 4.62. The van der Waals surface area contributed by atoms with Gasteiger partial charge in [0.2, 0.25) is 5.91 Å². The molecule has 1 amide bonds. The van der Waals surface area contributed by atoms with Crippen LogP contribution in [0.1, 0.15) is 54.3 Å². The molecule has 0 bridgehead atoms. The molecule has 0 atom stereocenters. The summed E-state index contributed by atoms with van der Waals surface area (Å²) in [5.74, 6) is 1.06. The number of halogens is 1. The summed E-state index contributed by atoms with van der Waals surface area (Å²) in [6.07, 6.45) is 4.44. The van der Waals surface area contributed by atoms with Crippen molar-refractivity contribution < 1.29 is 14.3 Å². The van der Waals surface area contributed by atoms with Gasteiger partial charge in [0.25, 0.3) is 0 Å². The average Bonchev–Trinajstić information content (AvgIpc) is 3.35. The second-order valence-electron chi connectivity index (χ2n) is 6.12. The predicted octanol–water partition coefficient (Wildman–Crippen LogP) is 2.22. The van der Waals surface area contributed by atoms with Gasteiger partial charge in [0.1, 0.15) is 16.7 Å². The van der Waals surface area contributed by atoms with Gasteiger partial charge in [0.05, 0.1) is 7.11 Å². The fourth-order valence-corrected chi connectivity index (χ4v) is 2.98. The van der Waals surface area contributed by atoms with E-state index in [1.165, 1.54) is 7.11 Å². The van der Waals surface area contributed by atoms with Crippen LogP contribution in [0.25, 0.3) is 0 Å². The molecule has 2 heterocycles. The molecule has 8 heteroatoms. The van der Waals surface area contributed by atoms with Gasteiger partial charge in [-0.1, -0.05) is 11.6 Å². The van der Waals surface area contributed by atoms with Gasteiger partial charge in [-0.2, -0.15) is 0 Å². The fraction of sp³-hybridized carbons (Fsp3) is 0.625. The van der Waals surface area contributed by atoms with E-state index in [1.54, 1.807) is 0 Å². The van der Waals surface area contributed by atoms with E-state index in [1.807, 2.05) is 4.90 Å². The van der Waals surface area contributed by atoms with Crippen LogP contribution in [0.3, 0.4) is 0 Å². The molecule has 24 heavy (non-hydrogen) atoms. The molecule has 1 aliphatic carbocycles. The Bertz CT molecular complexity index is 648. The fourth-order valence-electron chi connectivity index (χ4n) is 2.75. The van der Waals surface area contributed by atoms with E-state index in [4.69, 9.17) is 16.3 Å². The predicted molar refractivity (Wildman–Crippen MR) is 89.3 cm³/mol. The van der Waals surface area contributed by atoms with E-state index in [0.29, 0.717) is 37.1 Å². The third kappa shape index (κ3) is 3.77. The van der Waals surface area contributed by atoms with Gasteiger partial charge in [-0.05, 0) is 25.7 Å². The molecule has 0 spiro atoms. The maximum absolute atomic E-state index is 11.9. The van der Waals surface area contributed by atoms with Crippen LogP contribution in [0.4, 0.5) is 5.82 Å². The molecule has 130 valence electrons. The van der Waals surface area contributed by atoms with Crippen LogP contribution in [0.5, 0.6) is 0 Å². The minimum Gasteiger partial charge on any atom is -0.464 e. The highest BCUT2D eigenvalue weighted by atomic mass is 35.5. The number of likely N-dealkylation sites (tertiary alicyclic amines) is 1. The first kappa shape index (κ1) is 17.0. The quantitative estimate of drug-likeness (QED) is 0.598. The first-order valence-corrected chi connectivity index (χ1v) is 8.65. The topological polar surface area (TPSA) is 84.4 Å². The lowest BCUT2D eigenvalue weighted by atomic mass is 10.3. The Morgan fingerprint density at radius 2 is 2.21 bits per heavy atom. The van der Waals surface area contributed by atoms with Crippen molar-refractivity contribution in [2.45, 2.75) is 38.0 Å². The number of anilines is 1. The highest BCUT2D eigenvalue weighted by molar-refractivity contribution is 6.35. The Hall–Kier alpha value is -1.89. The summed E-state index contributed by atoms with van der Waals surface area (Å²) in [7, 11) is 1.30. The zero-order chi connectivity index (χ0) is 17.1. The lowest BCUT2D eigenvalue weighted by Crippen LogP contribution is -2.27. The van der Waals surface area contributed by atoms with Crippen LogP contribution in [0.15, 0.2) is 0 Å². The van der Waals surface area contributed by atoms with Crippen LogP contribution < -0.4 is 5.32 Å². The van der Waals surface area contributed by atoms with E-state index in [-0.39, 0.29) is 16.6 Å². The number of aromatic nitrogens is 2. The third-order valence-electron chi connectivity index (χ3n) is 4.26. The number of carbonyl (C=O) groups excluding carboxylic acids is 2. The molecule has 1 saturated heterocycles. The Balaban J connectivity index is 1.64. The standard InChI is InChI=1S/C16H21ClN4O3/c1-24-16(23)13-12(17)15(20-14(19-13)10-5-6-10)18-7-3-9-21-8-2-4-11(21)22/h10H,2-9H2,1H3,(H,18,19,20). The molecule has 1 aromatic heterocycles. The highest BCUT2D eigenvalue weighted by Crippen LogP contribution is 2.39. The van der Waals surface area contributed by atoms with Crippen molar-refractivity contribution in [1.29, 1.82) is 0 Å². The number of hydrogen-bond donors (Lipinski definition) is 1. The van der Waals surface area contributed by atoms with Crippen LogP contribution in [-0.2, 0) is 9.53 Å². The zero-order valence-corrected chi connectivity index (χ0v) is 14.4. The SMILES string of the molecule is COC(=O)c1nc(C2CC2)nc(NCCCN2CCCC2=O)c1Cl. The molecule has 0 aromatic carbocycles. The number of methoxy groups -OCH3 is 1. The van der Waals surface area contributed by atoms with Crippen molar-refractivity contribution in [3.8, 4) is 0 Å². The molecule has 1 aliphatic heterocycles. The summed E-state index contributed by atoms with van der Waals surface area (Å²) in [6.45, 7) is 2.17. The number of carbonyl (C=O) groups is 2. The molecular weight excluding hydrogens is 332 g/mol. The van der Waals surface area contributed by atoms with E-state index < -0.39 is 5.97 Å². The molecule has 0 unspecified atom stereocenters. The lowest BCUT2D eigenvalue weighted by Gasteiger charge is -2.16. The first-order chi connectivity index (χ1) is 11.6. The van der Waals surface area contributed by atoms with Gasteiger partial charge in [0, 0.05) is 32.0 Å². The monoisotopic (exact) mass is 352 g/mol. The average molecular weight is 353 g/mol. The Labute approximate surface area is 145 Å². The maximum Gasteiger partial charge on any atom is 0.358 e. The van der Waals surface area contributed by atoms with E-state index in [9.17, 15) is 9.59 Å². The van der Waals surface area contributed by atoms with Crippen LogP contribution >= 0.6 is 11.6 Å². The van der Waals surface area contributed by atoms with E-state index in [0.717, 1.165) is 32.2 Å². The molecular formula is C16H21ClN4O3. The summed E-state index contributed by atoms with van der Waals surface area (Å²) in [5, 5.41) is 3.35. The summed E-state index contributed by atoms with van der Waals surface area (Å²) >= 11 is 6.26. The number of hydrogen-bond acceptors (Lipinski definition) is 6. The van der Waals surface area contributed by atoms with Crippen LogP contribution in [-0.4, -0.2) is 53.5 Å². The minimum atomic E-state index is -0.560. The molecule has 2 aliphatic rings. The number of amides is 1. The zero-order valence-electron chi connectivity index (χ0n) is 13.7. The second kappa shape index (κ2) is 7.34. The second-order valence-corrected chi connectivity index (χ2v) is 6.50. The lowest BCUT2D eigenvalue weighted by molar-refractivity contribution is -0.127. The number of ether oxygens (including phenoxy) is 1. The van der Waals surface area contributed by atoms with Crippen LogP contribution in [0, 0.1) is 0 Å². The Morgan fingerprint density at radius 3 is 2.83 bits per heavy atom. The van der Waals surface area contributed by atoms with Gasteiger partial charge in [0.15, 0.2) is 5.69 Å².